The second-order valence-corrected chi connectivity index (χ2v) is 2.85. The van der Waals surface area contributed by atoms with E-state index in [4.69, 9.17) is 10.2 Å². The van der Waals surface area contributed by atoms with Gasteiger partial charge in [-0.15, -0.1) is 0 Å². The topological polar surface area (TPSA) is 40.5 Å². The maximum absolute atomic E-state index is 9.05. The molecule has 0 atom stereocenters. The second-order valence-electron chi connectivity index (χ2n) is 1.93. The molecule has 0 amide bonds. The summed E-state index contributed by atoms with van der Waals surface area (Å²) in [4.78, 5) is 0. The summed E-state index contributed by atoms with van der Waals surface area (Å²) in [6, 6.07) is 4.93. The van der Waals surface area contributed by atoms with E-state index >= 15 is 0 Å². The summed E-state index contributed by atoms with van der Waals surface area (Å²) in [5.41, 5.74) is 0.536. The Hall–Kier alpha value is 1.46. The molecule has 5 heteroatoms. The standard InChI is InChI=1S/C7H7BrO2.2Na.2H/c8-6-1-2-7(10)5(3-6)4-9;;;;/h1-3,9-10H,4H2;;;;/q;2*+1;2*-1. The van der Waals surface area contributed by atoms with Gasteiger partial charge in [0.2, 0.25) is 0 Å². The van der Waals surface area contributed by atoms with Gasteiger partial charge >= 0.3 is 59.1 Å². The van der Waals surface area contributed by atoms with Gasteiger partial charge in [-0.25, -0.2) is 0 Å². The summed E-state index contributed by atoms with van der Waals surface area (Å²) in [7, 11) is 0. The Bertz CT molecular complexity index is 251. The maximum atomic E-state index is 9.05. The van der Waals surface area contributed by atoms with E-state index in [0.29, 0.717) is 5.56 Å². The van der Waals surface area contributed by atoms with Gasteiger partial charge in [0.05, 0.1) is 6.61 Å². The summed E-state index contributed by atoms with van der Waals surface area (Å²) in [6.45, 7) is -0.134. The van der Waals surface area contributed by atoms with Crippen molar-refractivity contribution in [3.8, 4) is 5.75 Å². The molecule has 0 radical (unpaired) electrons. The minimum atomic E-state index is -0.134. The molecule has 12 heavy (non-hydrogen) atoms. The summed E-state index contributed by atoms with van der Waals surface area (Å²) in [5.74, 6) is 0.130. The van der Waals surface area contributed by atoms with Crippen LogP contribution in [-0.2, 0) is 6.61 Å². The predicted octanol–water partition coefficient (Wildman–Crippen LogP) is -4.12. The van der Waals surface area contributed by atoms with Crippen molar-refractivity contribution >= 4 is 15.9 Å². The third-order valence-electron chi connectivity index (χ3n) is 1.21. The van der Waals surface area contributed by atoms with E-state index in [-0.39, 0.29) is 74.3 Å². The van der Waals surface area contributed by atoms with E-state index in [9.17, 15) is 0 Å². The molecule has 0 saturated heterocycles. The molecule has 0 heterocycles. The Morgan fingerprint density at radius 2 is 1.92 bits per heavy atom. The van der Waals surface area contributed by atoms with Gasteiger partial charge in [-0.2, -0.15) is 0 Å². The van der Waals surface area contributed by atoms with E-state index in [1.54, 1.807) is 12.1 Å². The van der Waals surface area contributed by atoms with Crippen LogP contribution in [0, 0.1) is 0 Å². The maximum Gasteiger partial charge on any atom is 1.00 e. The first-order valence-corrected chi connectivity index (χ1v) is 3.61. The van der Waals surface area contributed by atoms with Crippen LogP contribution in [0.5, 0.6) is 5.75 Å². The van der Waals surface area contributed by atoms with E-state index in [1.807, 2.05) is 0 Å². The molecule has 0 aliphatic heterocycles. The monoisotopic (exact) mass is 250 g/mol. The van der Waals surface area contributed by atoms with Crippen molar-refractivity contribution in [2.45, 2.75) is 6.61 Å². The minimum Gasteiger partial charge on any atom is -1.00 e. The molecule has 58 valence electrons. The molecule has 2 N–H and O–H groups in total. The zero-order valence-corrected chi connectivity index (χ0v) is 12.8. The number of aliphatic hydroxyl groups is 1. The fourth-order valence-electron chi connectivity index (χ4n) is 0.681. The van der Waals surface area contributed by atoms with Crippen LogP contribution in [0.1, 0.15) is 8.42 Å². The molecule has 0 aliphatic carbocycles. The fraction of sp³-hybridized carbons (Fsp3) is 0.143. The van der Waals surface area contributed by atoms with Gasteiger partial charge in [-0.3, -0.25) is 0 Å². The molecule has 1 aromatic carbocycles. The van der Waals surface area contributed by atoms with Crippen LogP contribution in [0.25, 0.3) is 0 Å². The Labute approximate surface area is 127 Å². The van der Waals surface area contributed by atoms with Gasteiger partial charge in [-0.05, 0) is 18.2 Å². The van der Waals surface area contributed by atoms with Crippen molar-refractivity contribution in [2.24, 2.45) is 0 Å². The third kappa shape index (κ3) is 4.63. The Morgan fingerprint density at radius 1 is 1.33 bits per heavy atom. The number of hydrogen-bond acceptors (Lipinski definition) is 2. The summed E-state index contributed by atoms with van der Waals surface area (Å²) in [5, 5.41) is 17.7. The number of aliphatic hydroxyl groups excluding tert-OH is 1. The van der Waals surface area contributed by atoms with Gasteiger partial charge < -0.3 is 13.1 Å². The first-order chi connectivity index (χ1) is 4.74. The predicted molar refractivity (Wildman–Crippen MR) is 44.0 cm³/mol. The molecule has 1 rings (SSSR count). The van der Waals surface area contributed by atoms with Gasteiger partial charge in [0.1, 0.15) is 5.75 Å². The van der Waals surface area contributed by atoms with Crippen molar-refractivity contribution in [3.05, 3.63) is 28.2 Å². The average Bonchev–Trinajstić information content (AvgIpc) is 1.94. The van der Waals surface area contributed by atoms with Crippen molar-refractivity contribution in [2.75, 3.05) is 0 Å². The normalized spacial score (nSPS) is 8.17. The summed E-state index contributed by atoms with van der Waals surface area (Å²) in [6.07, 6.45) is 0. The Balaban J connectivity index is -0.000000125. The summed E-state index contributed by atoms with van der Waals surface area (Å²) >= 11 is 3.21. The van der Waals surface area contributed by atoms with Crippen LogP contribution in [0.15, 0.2) is 22.7 Å². The largest absolute Gasteiger partial charge is 1.00 e. The van der Waals surface area contributed by atoms with E-state index in [2.05, 4.69) is 15.9 Å². The van der Waals surface area contributed by atoms with Gasteiger partial charge in [-0.1, -0.05) is 15.9 Å². The van der Waals surface area contributed by atoms with Crippen molar-refractivity contribution in [3.63, 3.8) is 0 Å². The minimum absolute atomic E-state index is 0. The van der Waals surface area contributed by atoms with Crippen LogP contribution in [-0.4, -0.2) is 10.2 Å². The quantitative estimate of drug-likeness (QED) is 0.498. The molecule has 2 nitrogen and oxygen atoms in total. The van der Waals surface area contributed by atoms with Crippen molar-refractivity contribution < 1.29 is 72.2 Å². The number of benzene rings is 1. The van der Waals surface area contributed by atoms with Crippen molar-refractivity contribution in [1.29, 1.82) is 0 Å². The second kappa shape index (κ2) is 7.83. The van der Waals surface area contributed by atoms with E-state index in [1.165, 1.54) is 6.07 Å². The molecule has 0 aromatic heterocycles. The Morgan fingerprint density at radius 3 is 2.33 bits per heavy atom. The molecular weight excluding hydrogens is 242 g/mol. The first kappa shape index (κ1) is 15.9. The molecule has 0 spiro atoms. The molecule has 1 aromatic rings. The summed E-state index contributed by atoms with van der Waals surface area (Å²) < 4.78 is 0.856. The van der Waals surface area contributed by atoms with Crippen LogP contribution >= 0.6 is 15.9 Å². The number of rotatable bonds is 1. The fourth-order valence-corrected chi connectivity index (χ4v) is 1.09. The molecule has 0 saturated carbocycles. The Kier molecular flexibility index (Phi) is 10.4. The van der Waals surface area contributed by atoms with Crippen LogP contribution in [0.3, 0.4) is 0 Å². The van der Waals surface area contributed by atoms with Crippen molar-refractivity contribution in [1.82, 2.24) is 0 Å². The third-order valence-corrected chi connectivity index (χ3v) is 1.71. The zero-order chi connectivity index (χ0) is 7.56. The van der Waals surface area contributed by atoms with E-state index in [0.717, 1.165) is 4.47 Å². The van der Waals surface area contributed by atoms with Gasteiger partial charge in [0.15, 0.2) is 0 Å². The first-order valence-electron chi connectivity index (χ1n) is 2.82. The van der Waals surface area contributed by atoms with Gasteiger partial charge in [0, 0.05) is 10.0 Å². The number of aromatic hydroxyl groups is 1. The number of phenols is 1. The molecular formula is C7H9BrNa2O2. The molecule has 0 bridgehead atoms. The number of halogens is 1. The molecule has 0 fully saturated rings. The van der Waals surface area contributed by atoms with Gasteiger partial charge in [0.25, 0.3) is 0 Å². The molecule has 0 aliphatic rings. The number of hydrogen-bond donors (Lipinski definition) is 2. The van der Waals surface area contributed by atoms with Crippen LogP contribution < -0.4 is 59.1 Å². The smallest absolute Gasteiger partial charge is 1.00 e. The SMILES string of the molecule is OCc1cc(Br)ccc1O.[H-].[H-].[Na+].[Na+]. The van der Waals surface area contributed by atoms with Crippen LogP contribution in [0.4, 0.5) is 0 Å². The van der Waals surface area contributed by atoms with E-state index < -0.39 is 0 Å². The van der Waals surface area contributed by atoms with Crippen LogP contribution in [0.2, 0.25) is 0 Å². The average molecular weight is 251 g/mol. The zero-order valence-electron chi connectivity index (χ0n) is 9.21. The molecule has 0 unspecified atom stereocenters.